The smallest absolute Gasteiger partial charge is 0.270 e. The van der Waals surface area contributed by atoms with Crippen molar-refractivity contribution in [1.29, 1.82) is 0 Å². The third kappa shape index (κ3) is 3.96. The molecule has 2 atom stereocenters. The molecule has 1 amide bonds. The molecule has 2 unspecified atom stereocenters. The summed E-state index contributed by atoms with van der Waals surface area (Å²) < 4.78 is 0. The summed E-state index contributed by atoms with van der Waals surface area (Å²) in [5, 5.41) is 4.86. The summed E-state index contributed by atoms with van der Waals surface area (Å²) in [4.78, 5) is 18.5. The molecule has 2 fully saturated rings. The van der Waals surface area contributed by atoms with Crippen LogP contribution in [0, 0.1) is 5.92 Å². The summed E-state index contributed by atoms with van der Waals surface area (Å²) >= 11 is 0. The van der Waals surface area contributed by atoms with E-state index in [0.29, 0.717) is 12.1 Å². The second kappa shape index (κ2) is 7.83. The molecule has 0 bridgehead atoms. The van der Waals surface area contributed by atoms with Gasteiger partial charge in [0.15, 0.2) is 0 Å². The van der Waals surface area contributed by atoms with Gasteiger partial charge in [-0.3, -0.25) is 4.79 Å². The molecule has 2 aliphatic carbocycles. The van der Waals surface area contributed by atoms with E-state index in [-0.39, 0.29) is 5.91 Å². The Balaban J connectivity index is 1.40. The lowest BCUT2D eigenvalue weighted by atomic mass is 9.89. The maximum atomic E-state index is 13.1. The van der Waals surface area contributed by atoms with Gasteiger partial charge in [0.05, 0.1) is 0 Å². The van der Waals surface area contributed by atoms with Crippen LogP contribution in [-0.4, -0.2) is 41.0 Å². The Labute approximate surface area is 156 Å². The highest BCUT2D eigenvalue weighted by Gasteiger charge is 2.30. The number of hydrogen-bond acceptors (Lipinski definition) is 2. The Hall–Kier alpha value is -1.81. The summed E-state index contributed by atoms with van der Waals surface area (Å²) in [6.07, 6.45) is 8.86. The number of aromatic amines is 1. The van der Waals surface area contributed by atoms with Gasteiger partial charge >= 0.3 is 0 Å². The molecule has 26 heavy (non-hydrogen) atoms. The molecule has 2 saturated carbocycles. The van der Waals surface area contributed by atoms with Crippen LogP contribution in [0.5, 0.6) is 0 Å². The number of fused-ring (bicyclic) bond motifs is 1. The third-order valence-corrected chi connectivity index (χ3v) is 6.13. The van der Waals surface area contributed by atoms with E-state index in [1.807, 2.05) is 24.3 Å². The van der Waals surface area contributed by atoms with Crippen molar-refractivity contribution in [3.8, 4) is 0 Å². The molecule has 4 rings (SSSR count). The SMILES string of the molecule is CCN(C(=O)c1cc2ccccc2[nH]1)C1CCCC(NCCC2CC2)C1. The molecule has 2 aliphatic rings. The van der Waals surface area contributed by atoms with Gasteiger partial charge in [0, 0.05) is 29.5 Å². The summed E-state index contributed by atoms with van der Waals surface area (Å²) in [5.74, 6) is 1.13. The number of carbonyl (C=O) groups excluding carboxylic acids is 1. The minimum atomic E-state index is 0.146. The van der Waals surface area contributed by atoms with Gasteiger partial charge in [-0.1, -0.05) is 31.0 Å². The van der Waals surface area contributed by atoms with Crippen molar-refractivity contribution in [3.63, 3.8) is 0 Å². The van der Waals surface area contributed by atoms with Gasteiger partial charge in [-0.05, 0) is 63.6 Å². The van der Waals surface area contributed by atoms with E-state index in [2.05, 4.69) is 28.2 Å². The number of amides is 1. The number of benzene rings is 1. The number of aromatic nitrogens is 1. The number of carbonyl (C=O) groups is 1. The number of H-pyrrole nitrogens is 1. The van der Waals surface area contributed by atoms with Crippen LogP contribution in [0.2, 0.25) is 0 Å². The molecule has 140 valence electrons. The van der Waals surface area contributed by atoms with Crippen LogP contribution in [0.25, 0.3) is 10.9 Å². The van der Waals surface area contributed by atoms with E-state index in [0.717, 1.165) is 48.4 Å². The lowest BCUT2D eigenvalue weighted by molar-refractivity contribution is 0.0623. The zero-order chi connectivity index (χ0) is 17.9. The van der Waals surface area contributed by atoms with Crippen LogP contribution in [-0.2, 0) is 0 Å². The molecule has 0 spiro atoms. The van der Waals surface area contributed by atoms with Crippen molar-refractivity contribution in [2.24, 2.45) is 5.92 Å². The van der Waals surface area contributed by atoms with Crippen LogP contribution in [0.1, 0.15) is 62.4 Å². The van der Waals surface area contributed by atoms with Crippen molar-refractivity contribution in [3.05, 3.63) is 36.0 Å². The minimum absolute atomic E-state index is 0.146. The predicted octanol–water partition coefficient (Wildman–Crippen LogP) is 4.33. The molecule has 0 radical (unpaired) electrons. The average Bonchev–Trinajstić information content (AvgIpc) is 3.38. The zero-order valence-electron chi connectivity index (χ0n) is 15.8. The Morgan fingerprint density at radius 1 is 1.23 bits per heavy atom. The van der Waals surface area contributed by atoms with Crippen molar-refractivity contribution < 1.29 is 4.79 Å². The van der Waals surface area contributed by atoms with Gasteiger partial charge in [0.1, 0.15) is 5.69 Å². The number of nitrogens with one attached hydrogen (secondary N) is 2. The van der Waals surface area contributed by atoms with E-state index in [4.69, 9.17) is 0 Å². The maximum Gasteiger partial charge on any atom is 0.270 e. The van der Waals surface area contributed by atoms with Gasteiger partial charge in [0.2, 0.25) is 0 Å². The van der Waals surface area contributed by atoms with Gasteiger partial charge in [-0.25, -0.2) is 0 Å². The third-order valence-electron chi connectivity index (χ3n) is 6.13. The van der Waals surface area contributed by atoms with Crippen molar-refractivity contribution in [2.45, 2.75) is 64.0 Å². The molecule has 2 N–H and O–H groups in total. The summed E-state index contributed by atoms with van der Waals surface area (Å²) in [6, 6.07) is 11.0. The lowest BCUT2D eigenvalue weighted by Gasteiger charge is -2.37. The monoisotopic (exact) mass is 353 g/mol. The Morgan fingerprint density at radius 2 is 2.08 bits per heavy atom. The van der Waals surface area contributed by atoms with Crippen LogP contribution in [0.15, 0.2) is 30.3 Å². The van der Waals surface area contributed by atoms with Crippen LogP contribution >= 0.6 is 0 Å². The summed E-state index contributed by atoms with van der Waals surface area (Å²) in [5.41, 5.74) is 1.76. The Morgan fingerprint density at radius 3 is 2.85 bits per heavy atom. The fraction of sp³-hybridized carbons (Fsp3) is 0.591. The first kappa shape index (κ1) is 17.6. The van der Waals surface area contributed by atoms with Gasteiger partial charge < -0.3 is 15.2 Å². The van der Waals surface area contributed by atoms with Crippen molar-refractivity contribution in [2.75, 3.05) is 13.1 Å². The molecule has 0 aliphatic heterocycles. The zero-order valence-corrected chi connectivity index (χ0v) is 15.8. The topological polar surface area (TPSA) is 48.1 Å². The van der Waals surface area contributed by atoms with E-state index in [1.165, 1.54) is 32.1 Å². The standard InChI is InChI=1S/C22H31N3O/c1-2-25(22(26)21-14-17-6-3-4-9-20(17)24-21)19-8-5-7-18(15-19)23-13-12-16-10-11-16/h3-4,6,9,14,16,18-19,23-24H,2,5,7-8,10-13,15H2,1H3. The normalized spacial score (nSPS) is 23.3. The quantitative estimate of drug-likeness (QED) is 0.778. The molecule has 4 heteroatoms. The van der Waals surface area contributed by atoms with Crippen molar-refractivity contribution >= 4 is 16.8 Å². The van der Waals surface area contributed by atoms with E-state index < -0.39 is 0 Å². The number of rotatable bonds is 7. The largest absolute Gasteiger partial charge is 0.351 e. The second-order valence-corrected chi connectivity index (χ2v) is 8.06. The van der Waals surface area contributed by atoms with Crippen molar-refractivity contribution in [1.82, 2.24) is 15.2 Å². The van der Waals surface area contributed by atoms with Gasteiger partial charge in [-0.15, -0.1) is 0 Å². The molecular weight excluding hydrogens is 322 g/mol. The molecule has 1 heterocycles. The van der Waals surface area contributed by atoms with Gasteiger partial charge in [-0.2, -0.15) is 0 Å². The molecule has 2 aromatic rings. The number of para-hydroxylation sites is 1. The molecule has 4 nitrogen and oxygen atoms in total. The summed E-state index contributed by atoms with van der Waals surface area (Å²) in [7, 11) is 0. The molecule has 1 aromatic carbocycles. The van der Waals surface area contributed by atoms with E-state index >= 15 is 0 Å². The minimum Gasteiger partial charge on any atom is -0.351 e. The lowest BCUT2D eigenvalue weighted by Crippen LogP contribution is -2.47. The van der Waals surface area contributed by atoms with Crippen LogP contribution in [0.4, 0.5) is 0 Å². The number of hydrogen-bond donors (Lipinski definition) is 2. The van der Waals surface area contributed by atoms with Crippen LogP contribution in [0.3, 0.4) is 0 Å². The highest BCUT2D eigenvalue weighted by molar-refractivity contribution is 5.98. The summed E-state index contributed by atoms with van der Waals surface area (Å²) in [6.45, 7) is 4.02. The second-order valence-electron chi connectivity index (χ2n) is 8.06. The highest BCUT2D eigenvalue weighted by Crippen LogP contribution is 2.32. The average molecular weight is 354 g/mol. The number of nitrogens with zero attached hydrogens (tertiary/aromatic N) is 1. The first-order valence-electron chi connectivity index (χ1n) is 10.4. The Bertz CT molecular complexity index is 716. The van der Waals surface area contributed by atoms with Crippen LogP contribution < -0.4 is 5.32 Å². The molecule has 0 saturated heterocycles. The van der Waals surface area contributed by atoms with Gasteiger partial charge in [0.25, 0.3) is 5.91 Å². The first-order chi connectivity index (χ1) is 12.7. The Kier molecular flexibility index (Phi) is 5.30. The predicted molar refractivity (Wildman–Crippen MR) is 106 cm³/mol. The maximum absolute atomic E-state index is 13.1. The molecule has 1 aromatic heterocycles. The first-order valence-corrected chi connectivity index (χ1v) is 10.4. The fourth-order valence-corrected chi connectivity index (χ4v) is 4.44. The van der Waals surface area contributed by atoms with E-state index in [1.54, 1.807) is 0 Å². The van der Waals surface area contributed by atoms with E-state index in [9.17, 15) is 4.79 Å². The highest BCUT2D eigenvalue weighted by atomic mass is 16.2. The fourth-order valence-electron chi connectivity index (χ4n) is 4.44. The molecular formula is C22H31N3O.